The van der Waals surface area contributed by atoms with Gasteiger partial charge in [0.2, 0.25) is 5.91 Å². The molecule has 5 nitrogen and oxygen atoms in total. The van der Waals surface area contributed by atoms with E-state index in [0.29, 0.717) is 11.9 Å². The fourth-order valence-electron chi connectivity index (χ4n) is 2.78. The molecule has 0 N–H and O–H groups in total. The minimum absolute atomic E-state index is 0.0723. The highest BCUT2D eigenvalue weighted by atomic mass is 19.1. The Morgan fingerprint density at radius 2 is 1.83 bits per heavy atom. The molecule has 0 radical (unpaired) electrons. The van der Waals surface area contributed by atoms with E-state index in [2.05, 4.69) is 9.97 Å². The summed E-state index contributed by atoms with van der Waals surface area (Å²) in [7, 11) is 3.71. The second-order valence-corrected chi connectivity index (χ2v) is 6.21. The Hall–Kier alpha value is -2.34. The molecule has 0 unspecified atom stereocenters. The van der Waals surface area contributed by atoms with Gasteiger partial charge in [0.05, 0.1) is 12.6 Å². The molecule has 1 aliphatic rings. The number of rotatable bonds is 6. The molecule has 1 aromatic heterocycles. The number of hydrogen-bond donors (Lipinski definition) is 0. The predicted octanol–water partition coefficient (Wildman–Crippen LogP) is 2.26. The third-order valence-electron chi connectivity index (χ3n) is 4.33. The molecule has 1 aliphatic carbocycles. The monoisotopic (exact) mass is 328 g/mol. The van der Waals surface area contributed by atoms with Crippen LogP contribution in [0, 0.1) is 5.82 Å². The van der Waals surface area contributed by atoms with Crippen molar-refractivity contribution < 1.29 is 9.18 Å². The first-order valence-electron chi connectivity index (χ1n) is 8.04. The molecule has 1 saturated carbocycles. The third-order valence-corrected chi connectivity index (χ3v) is 4.33. The van der Waals surface area contributed by atoms with Gasteiger partial charge in [0, 0.05) is 25.5 Å². The van der Waals surface area contributed by atoms with E-state index in [1.807, 2.05) is 23.9 Å². The van der Waals surface area contributed by atoms with Crippen LogP contribution in [0.15, 0.2) is 42.7 Å². The van der Waals surface area contributed by atoms with Crippen molar-refractivity contribution in [3.8, 4) is 0 Å². The number of nitrogens with zero attached hydrogens (tertiary/aromatic N) is 4. The van der Waals surface area contributed by atoms with Crippen LogP contribution in [0.2, 0.25) is 0 Å². The molecule has 0 bridgehead atoms. The van der Waals surface area contributed by atoms with E-state index >= 15 is 0 Å². The van der Waals surface area contributed by atoms with Gasteiger partial charge in [-0.25, -0.2) is 14.4 Å². The molecule has 0 aliphatic heterocycles. The van der Waals surface area contributed by atoms with Gasteiger partial charge in [0.1, 0.15) is 11.6 Å². The summed E-state index contributed by atoms with van der Waals surface area (Å²) in [5.74, 6) is 0.371. The van der Waals surface area contributed by atoms with Crippen molar-refractivity contribution in [2.24, 2.45) is 0 Å². The molecular formula is C18H21FN4O. The smallest absolute Gasteiger partial charge is 0.236 e. The molecule has 3 rings (SSSR count). The van der Waals surface area contributed by atoms with Crippen LogP contribution in [0.5, 0.6) is 0 Å². The maximum Gasteiger partial charge on any atom is 0.236 e. The summed E-state index contributed by atoms with van der Waals surface area (Å²) in [4.78, 5) is 24.8. The molecule has 0 spiro atoms. The highest BCUT2D eigenvalue weighted by molar-refractivity contribution is 5.78. The summed E-state index contributed by atoms with van der Waals surface area (Å²) in [6, 6.07) is 8.07. The average Bonchev–Trinajstić information content (AvgIpc) is 3.42. The largest absolute Gasteiger partial charge is 0.342 e. The summed E-state index contributed by atoms with van der Waals surface area (Å²) in [6.45, 7) is 0.257. The summed E-state index contributed by atoms with van der Waals surface area (Å²) < 4.78 is 13.3. The first kappa shape index (κ1) is 16.5. The Morgan fingerprint density at radius 3 is 2.42 bits per heavy atom. The van der Waals surface area contributed by atoms with Crippen molar-refractivity contribution in [1.29, 1.82) is 0 Å². The lowest BCUT2D eigenvalue weighted by atomic mass is 10.0. The van der Waals surface area contributed by atoms with E-state index in [9.17, 15) is 9.18 Å². The maximum absolute atomic E-state index is 13.3. The Bertz CT molecular complexity index is 688. The van der Waals surface area contributed by atoms with Crippen LogP contribution in [0.4, 0.5) is 4.39 Å². The van der Waals surface area contributed by atoms with Crippen LogP contribution < -0.4 is 0 Å². The summed E-state index contributed by atoms with van der Waals surface area (Å²) in [6.07, 6.45) is 5.50. The molecule has 24 heavy (non-hydrogen) atoms. The molecule has 0 saturated heterocycles. The number of carbonyl (C=O) groups excluding carboxylic acids is 1. The van der Waals surface area contributed by atoms with Crippen LogP contribution in [0.3, 0.4) is 0 Å². The molecular weight excluding hydrogens is 307 g/mol. The lowest BCUT2D eigenvalue weighted by Gasteiger charge is -2.28. The third kappa shape index (κ3) is 3.76. The number of likely N-dealkylation sites (N-methyl/N-ethyl adjacent to an activating group) is 2. The second kappa shape index (κ2) is 7.05. The quantitative estimate of drug-likeness (QED) is 0.816. The van der Waals surface area contributed by atoms with Crippen LogP contribution in [0.25, 0.3) is 0 Å². The fraction of sp³-hybridized carbons (Fsp3) is 0.389. The number of aromatic nitrogens is 2. The number of carbonyl (C=O) groups is 1. The molecule has 6 heteroatoms. The molecule has 2 aromatic rings. The molecule has 126 valence electrons. The van der Waals surface area contributed by atoms with E-state index in [0.717, 1.165) is 18.4 Å². The lowest BCUT2D eigenvalue weighted by Crippen LogP contribution is -2.40. The van der Waals surface area contributed by atoms with Crippen LogP contribution in [-0.2, 0) is 4.79 Å². The van der Waals surface area contributed by atoms with Gasteiger partial charge in [-0.15, -0.1) is 0 Å². The Kier molecular flexibility index (Phi) is 4.85. The van der Waals surface area contributed by atoms with Crippen molar-refractivity contribution in [3.05, 3.63) is 59.9 Å². The zero-order valence-electron chi connectivity index (χ0n) is 13.9. The first-order valence-corrected chi connectivity index (χ1v) is 8.04. The van der Waals surface area contributed by atoms with Gasteiger partial charge < -0.3 is 4.90 Å². The van der Waals surface area contributed by atoms with E-state index < -0.39 is 0 Å². The van der Waals surface area contributed by atoms with Gasteiger partial charge in [0.25, 0.3) is 0 Å². The number of amides is 1. The number of halogens is 1. The van der Waals surface area contributed by atoms with Crippen molar-refractivity contribution in [2.75, 3.05) is 20.6 Å². The van der Waals surface area contributed by atoms with Gasteiger partial charge in [-0.05, 0) is 43.7 Å². The molecule has 1 amide bonds. The summed E-state index contributed by atoms with van der Waals surface area (Å²) in [5.41, 5.74) is 0.854. The Labute approximate surface area is 141 Å². The van der Waals surface area contributed by atoms with Gasteiger partial charge in [-0.3, -0.25) is 9.69 Å². The van der Waals surface area contributed by atoms with E-state index in [4.69, 9.17) is 0 Å². The normalized spacial score (nSPS) is 15.3. The standard InChI is InChI=1S/C18H21FN4O/c1-22(12-16(24)23(2)15-8-9-15)17(18-20-10-3-11-21-18)13-4-6-14(19)7-5-13/h3-7,10-11,15,17H,8-9,12H2,1-2H3/t17-/m0/s1. The van der Waals surface area contributed by atoms with Gasteiger partial charge in [-0.1, -0.05) is 12.1 Å². The molecule has 1 aromatic carbocycles. The van der Waals surface area contributed by atoms with E-state index in [1.165, 1.54) is 12.1 Å². The van der Waals surface area contributed by atoms with Gasteiger partial charge in [-0.2, -0.15) is 0 Å². The van der Waals surface area contributed by atoms with Crippen molar-refractivity contribution in [1.82, 2.24) is 19.8 Å². The number of benzene rings is 1. The summed E-state index contributed by atoms with van der Waals surface area (Å²) in [5, 5.41) is 0. The van der Waals surface area contributed by atoms with Crippen LogP contribution in [0.1, 0.15) is 30.3 Å². The van der Waals surface area contributed by atoms with Gasteiger partial charge in [0.15, 0.2) is 0 Å². The minimum atomic E-state index is -0.302. The highest BCUT2D eigenvalue weighted by Gasteiger charge is 2.31. The predicted molar refractivity (Wildman–Crippen MR) is 88.7 cm³/mol. The van der Waals surface area contributed by atoms with E-state index in [1.54, 1.807) is 30.6 Å². The summed E-state index contributed by atoms with van der Waals surface area (Å²) >= 11 is 0. The van der Waals surface area contributed by atoms with Crippen molar-refractivity contribution in [3.63, 3.8) is 0 Å². The lowest BCUT2D eigenvalue weighted by molar-refractivity contribution is -0.131. The van der Waals surface area contributed by atoms with Crippen LogP contribution >= 0.6 is 0 Å². The fourth-order valence-corrected chi connectivity index (χ4v) is 2.78. The zero-order chi connectivity index (χ0) is 17.1. The van der Waals surface area contributed by atoms with Gasteiger partial charge >= 0.3 is 0 Å². The maximum atomic E-state index is 13.3. The topological polar surface area (TPSA) is 49.3 Å². The molecule has 1 fully saturated rings. The zero-order valence-corrected chi connectivity index (χ0v) is 13.9. The Balaban J connectivity index is 1.83. The average molecular weight is 328 g/mol. The van der Waals surface area contributed by atoms with Crippen molar-refractivity contribution in [2.45, 2.75) is 24.9 Å². The SMILES string of the molecule is CN(C(=O)CN(C)[C@@H](c1ccc(F)cc1)c1ncccn1)C1CC1. The molecule has 1 atom stereocenters. The Morgan fingerprint density at radius 1 is 1.21 bits per heavy atom. The van der Waals surface area contributed by atoms with Crippen LogP contribution in [-0.4, -0.2) is 52.4 Å². The number of hydrogen-bond acceptors (Lipinski definition) is 4. The van der Waals surface area contributed by atoms with E-state index in [-0.39, 0.29) is 24.3 Å². The minimum Gasteiger partial charge on any atom is -0.342 e. The molecule has 1 heterocycles. The second-order valence-electron chi connectivity index (χ2n) is 6.21. The first-order chi connectivity index (χ1) is 11.6. The highest BCUT2D eigenvalue weighted by Crippen LogP contribution is 2.27. The van der Waals surface area contributed by atoms with Crippen molar-refractivity contribution >= 4 is 5.91 Å².